The number of carbonyl (C=O) groups excluding carboxylic acids is 2. The molecule has 154 valence electrons. The number of hydrogen-bond acceptors (Lipinski definition) is 5. The van der Waals surface area contributed by atoms with Crippen LogP contribution >= 0.6 is 0 Å². The van der Waals surface area contributed by atoms with Crippen molar-refractivity contribution in [2.75, 3.05) is 5.73 Å². The topological polar surface area (TPSA) is 101 Å². The molecule has 5 aliphatic rings. The predicted molar refractivity (Wildman–Crippen MR) is 111 cm³/mol. The number of hydrogen-bond donors (Lipinski definition) is 2. The Hall–Kier alpha value is -2.96. The van der Waals surface area contributed by atoms with Crippen LogP contribution in [0, 0.1) is 18.8 Å². The molecule has 5 fully saturated rings. The van der Waals surface area contributed by atoms with Crippen LogP contribution in [0.4, 0.5) is 5.82 Å². The van der Waals surface area contributed by atoms with Crippen LogP contribution in [0.2, 0.25) is 0 Å². The number of nitrogens with two attached hydrogens (primary N) is 1. The van der Waals surface area contributed by atoms with E-state index in [0.29, 0.717) is 35.1 Å². The van der Waals surface area contributed by atoms with Gasteiger partial charge in [-0.2, -0.15) is 0 Å². The lowest BCUT2D eigenvalue weighted by atomic mass is 9.53. The zero-order chi connectivity index (χ0) is 20.7. The maximum atomic E-state index is 13.3. The maximum Gasteiger partial charge on any atom is 0.273 e. The van der Waals surface area contributed by atoms with Crippen molar-refractivity contribution in [3.63, 3.8) is 0 Å². The monoisotopic (exact) mass is 403 g/mol. The molecule has 2 aromatic rings. The number of nitrogen functional groups attached to an aromatic ring is 1. The molecule has 4 bridgehead atoms. The van der Waals surface area contributed by atoms with Gasteiger partial charge in [-0.25, -0.2) is 9.97 Å². The lowest BCUT2D eigenvalue weighted by molar-refractivity contribution is 0.0174. The highest BCUT2D eigenvalue weighted by Gasteiger charge is 2.77. The Bertz CT molecular complexity index is 1080. The molecule has 2 amide bonds. The number of anilines is 1. The summed E-state index contributed by atoms with van der Waals surface area (Å²) in [5, 5.41) is 3.32. The van der Waals surface area contributed by atoms with Crippen molar-refractivity contribution in [1.82, 2.24) is 20.2 Å². The van der Waals surface area contributed by atoms with Gasteiger partial charge in [0.05, 0.1) is 11.6 Å². The maximum absolute atomic E-state index is 13.3. The van der Waals surface area contributed by atoms with Crippen molar-refractivity contribution in [2.24, 2.45) is 11.8 Å². The van der Waals surface area contributed by atoms with Crippen LogP contribution in [0.1, 0.15) is 58.8 Å². The minimum atomic E-state index is -0.263. The third-order valence-electron chi connectivity index (χ3n) is 7.65. The van der Waals surface area contributed by atoms with Gasteiger partial charge >= 0.3 is 0 Å². The first-order valence-corrected chi connectivity index (χ1v) is 10.7. The molecule has 4 aliphatic carbocycles. The van der Waals surface area contributed by atoms with E-state index in [1.54, 1.807) is 18.2 Å². The van der Waals surface area contributed by atoms with E-state index in [1.807, 2.05) is 25.1 Å². The molecule has 1 aliphatic heterocycles. The number of rotatable bonds is 3. The summed E-state index contributed by atoms with van der Waals surface area (Å²) >= 11 is 0. The molecule has 30 heavy (non-hydrogen) atoms. The smallest absolute Gasteiger partial charge is 0.273 e. The quantitative estimate of drug-likeness (QED) is 0.766. The number of nitrogens with zero attached hydrogens (tertiary/aromatic N) is 3. The van der Waals surface area contributed by atoms with Gasteiger partial charge in [-0.05, 0) is 75.1 Å². The molecule has 3 N–H and O–H groups in total. The van der Waals surface area contributed by atoms with Crippen LogP contribution in [0.25, 0.3) is 0 Å². The normalized spacial score (nSPS) is 35.1. The second-order valence-electron chi connectivity index (χ2n) is 9.72. The molecular formula is C23H25N5O2. The largest absolute Gasteiger partial charge is 0.384 e. The number of aromatic nitrogens is 2. The third kappa shape index (κ3) is 2.44. The standard InChI is InChI=1S/C23H25N5O2/c1-13-4-2-6-17(25-13)21(30)28-19-15-8-14-9-22(11-15,12-23(19,28)10-14)27-20(29)16-5-3-7-18(24)26-16/h2-7,14-15,19H,8-12H2,1H3,(H2,24,26)(H,27,29). The first kappa shape index (κ1) is 17.9. The minimum absolute atomic E-state index is 0.0378. The Morgan fingerprint density at radius 3 is 2.70 bits per heavy atom. The lowest BCUT2D eigenvalue weighted by Crippen LogP contribution is -2.63. The molecule has 1 saturated heterocycles. The lowest BCUT2D eigenvalue weighted by Gasteiger charge is -2.55. The van der Waals surface area contributed by atoms with Gasteiger partial charge in [0, 0.05) is 11.2 Å². The summed E-state index contributed by atoms with van der Waals surface area (Å²) in [4.78, 5) is 37.0. The summed E-state index contributed by atoms with van der Waals surface area (Å²) in [5.41, 5.74) is 7.11. The molecular weight excluding hydrogens is 378 g/mol. The molecule has 3 heterocycles. The Morgan fingerprint density at radius 1 is 1.10 bits per heavy atom. The highest BCUT2D eigenvalue weighted by Crippen LogP contribution is 2.69. The molecule has 7 rings (SSSR count). The predicted octanol–water partition coefficient (Wildman–Crippen LogP) is 2.32. The fourth-order valence-corrected chi connectivity index (χ4v) is 7.03. The Kier molecular flexibility index (Phi) is 3.46. The SMILES string of the molecule is Cc1cccc(C(=O)N2C3C4CC5CC(NC(=O)c6cccc(N)n6)(C4)CC32C5)n1. The summed E-state index contributed by atoms with van der Waals surface area (Å²) in [5.74, 6) is 1.20. The number of carbonyl (C=O) groups is 2. The van der Waals surface area contributed by atoms with Crippen molar-refractivity contribution in [3.05, 3.63) is 53.5 Å². The number of nitrogens with one attached hydrogen (secondary N) is 1. The highest BCUT2D eigenvalue weighted by atomic mass is 16.2. The van der Waals surface area contributed by atoms with Crippen LogP contribution in [0.3, 0.4) is 0 Å². The Balaban J connectivity index is 1.28. The second-order valence-corrected chi connectivity index (χ2v) is 9.72. The van der Waals surface area contributed by atoms with Crippen molar-refractivity contribution in [2.45, 2.75) is 56.1 Å². The average Bonchev–Trinajstić information content (AvgIpc) is 3.34. The minimum Gasteiger partial charge on any atom is -0.384 e. The van der Waals surface area contributed by atoms with Crippen molar-refractivity contribution in [1.29, 1.82) is 0 Å². The van der Waals surface area contributed by atoms with Crippen LogP contribution in [-0.4, -0.2) is 43.8 Å². The van der Waals surface area contributed by atoms with E-state index in [-0.39, 0.29) is 22.9 Å². The van der Waals surface area contributed by atoms with E-state index in [0.717, 1.165) is 37.8 Å². The molecule has 0 aromatic carbocycles. The summed E-state index contributed by atoms with van der Waals surface area (Å²) in [6, 6.07) is 11.0. The molecule has 2 aromatic heterocycles. The van der Waals surface area contributed by atoms with E-state index in [4.69, 9.17) is 5.73 Å². The summed E-state index contributed by atoms with van der Waals surface area (Å²) in [6.45, 7) is 1.91. The summed E-state index contributed by atoms with van der Waals surface area (Å²) in [7, 11) is 0. The summed E-state index contributed by atoms with van der Waals surface area (Å²) in [6.07, 6.45) is 4.92. The third-order valence-corrected chi connectivity index (χ3v) is 7.65. The van der Waals surface area contributed by atoms with Crippen molar-refractivity contribution in [3.8, 4) is 0 Å². The first-order valence-electron chi connectivity index (χ1n) is 10.7. The average molecular weight is 403 g/mol. The number of likely N-dealkylation sites (tertiary alicyclic amines) is 1. The number of amides is 2. The van der Waals surface area contributed by atoms with E-state index < -0.39 is 0 Å². The van der Waals surface area contributed by atoms with Gasteiger partial charge in [0.15, 0.2) is 0 Å². The zero-order valence-electron chi connectivity index (χ0n) is 17.0. The second kappa shape index (κ2) is 5.80. The van der Waals surface area contributed by atoms with E-state index in [2.05, 4.69) is 20.2 Å². The Morgan fingerprint density at radius 2 is 1.90 bits per heavy atom. The van der Waals surface area contributed by atoms with E-state index in [1.165, 1.54) is 0 Å². The van der Waals surface area contributed by atoms with Gasteiger partial charge in [0.1, 0.15) is 17.2 Å². The van der Waals surface area contributed by atoms with Gasteiger partial charge < -0.3 is 16.0 Å². The Labute approximate surface area is 175 Å². The fraction of sp³-hybridized carbons (Fsp3) is 0.478. The van der Waals surface area contributed by atoms with E-state index in [9.17, 15) is 9.59 Å². The van der Waals surface area contributed by atoms with Crippen molar-refractivity contribution >= 4 is 17.6 Å². The van der Waals surface area contributed by atoms with Gasteiger partial charge in [-0.3, -0.25) is 9.59 Å². The van der Waals surface area contributed by atoms with E-state index >= 15 is 0 Å². The van der Waals surface area contributed by atoms with Gasteiger partial charge in [-0.15, -0.1) is 0 Å². The van der Waals surface area contributed by atoms with Gasteiger partial charge in [0.2, 0.25) is 0 Å². The first-order chi connectivity index (χ1) is 14.4. The summed E-state index contributed by atoms with van der Waals surface area (Å²) < 4.78 is 0. The zero-order valence-corrected chi connectivity index (χ0v) is 17.0. The number of pyridine rings is 2. The molecule has 7 heteroatoms. The van der Waals surface area contributed by atoms with Crippen LogP contribution in [0.5, 0.6) is 0 Å². The van der Waals surface area contributed by atoms with Crippen LogP contribution < -0.4 is 11.1 Å². The molecule has 4 saturated carbocycles. The molecule has 7 nitrogen and oxygen atoms in total. The molecule has 5 unspecified atom stereocenters. The van der Waals surface area contributed by atoms with Gasteiger partial charge in [-0.1, -0.05) is 12.1 Å². The van der Waals surface area contributed by atoms with Crippen molar-refractivity contribution < 1.29 is 9.59 Å². The van der Waals surface area contributed by atoms with Gasteiger partial charge in [0.25, 0.3) is 11.8 Å². The fourth-order valence-electron chi connectivity index (χ4n) is 7.03. The molecule has 5 atom stereocenters. The van der Waals surface area contributed by atoms with Crippen LogP contribution in [-0.2, 0) is 0 Å². The molecule has 1 spiro atoms. The number of aryl methyl sites for hydroxylation is 1. The van der Waals surface area contributed by atoms with Crippen LogP contribution in [0.15, 0.2) is 36.4 Å². The molecule has 0 radical (unpaired) electrons. The highest BCUT2D eigenvalue weighted by molar-refractivity contribution is 5.96.